The average molecular weight is 315 g/mol. The molecule has 9 nitrogen and oxygen atoms in total. The second-order valence-corrected chi connectivity index (χ2v) is 5.06. The van der Waals surface area contributed by atoms with Gasteiger partial charge in [0.25, 0.3) is 5.91 Å². The lowest BCUT2D eigenvalue weighted by molar-refractivity contribution is -0.116. The van der Waals surface area contributed by atoms with E-state index in [0.717, 1.165) is 0 Å². The molecule has 3 heterocycles. The van der Waals surface area contributed by atoms with Crippen LogP contribution in [0.1, 0.15) is 51.7 Å². The van der Waals surface area contributed by atoms with Crippen LogP contribution in [0.2, 0.25) is 0 Å². The van der Waals surface area contributed by atoms with E-state index in [2.05, 4.69) is 25.8 Å². The topological polar surface area (TPSA) is 127 Å². The SMILES string of the molecule is C[C@@H](NC(=O)c1ncnc2c1CCC(=O)N2)c1cc(C=O)no1. The molecule has 0 bridgehead atoms. The molecule has 0 aliphatic carbocycles. The van der Waals surface area contributed by atoms with Gasteiger partial charge in [-0.05, 0) is 13.3 Å². The number of hydrogen-bond donors (Lipinski definition) is 2. The van der Waals surface area contributed by atoms with Crippen molar-refractivity contribution in [2.45, 2.75) is 25.8 Å². The van der Waals surface area contributed by atoms with Gasteiger partial charge in [0.05, 0.1) is 6.04 Å². The van der Waals surface area contributed by atoms with Crippen LogP contribution in [0.5, 0.6) is 0 Å². The van der Waals surface area contributed by atoms with Gasteiger partial charge in [0.1, 0.15) is 23.5 Å². The third kappa shape index (κ3) is 2.93. The van der Waals surface area contributed by atoms with Gasteiger partial charge in [-0.2, -0.15) is 0 Å². The lowest BCUT2D eigenvalue weighted by Gasteiger charge is -2.18. The molecule has 1 aliphatic heterocycles. The highest BCUT2D eigenvalue weighted by Gasteiger charge is 2.25. The molecule has 0 radical (unpaired) electrons. The monoisotopic (exact) mass is 315 g/mol. The number of anilines is 1. The highest BCUT2D eigenvalue weighted by Crippen LogP contribution is 2.22. The molecule has 1 aliphatic rings. The average Bonchev–Trinajstić information content (AvgIpc) is 3.03. The summed E-state index contributed by atoms with van der Waals surface area (Å²) >= 11 is 0. The largest absolute Gasteiger partial charge is 0.358 e. The highest BCUT2D eigenvalue weighted by molar-refractivity contribution is 5.99. The number of carbonyl (C=O) groups excluding carboxylic acids is 3. The first kappa shape index (κ1) is 14.8. The van der Waals surface area contributed by atoms with E-state index in [9.17, 15) is 14.4 Å². The first-order valence-electron chi connectivity index (χ1n) is 6.95. The zero-order valence-electron chi connectivity index (χ0n) is 12.2. The Bertz CT molecular complexity index is 785. The maximum Gasteiger partial charge on any atom is 0.270 e. The van der Waals surface area contributed by atoms with E-state index in [0.29, 0.717) is 29.8 Å². The number of nitrogens with one attached hydrogen (secondary N) is 2. The van der Waals surface area contributed by atoms with Crippen molar-refractivity contribution < 1.29 is 18.9 Å². The number of hydrogen-bond acceptors (Lipinski definition) is 7. The molecule has 3 rings (SSSR count). The summed E-state index contributed by atoms with van der Waals surface area (Å²) in [4.78, 5) is 42.4. The maximum atomic E-state index is 12.4. The van der Waals surface area contributed by atoms with E-state index in [1.807, 2.05) is 0 Å². The van der Waals surface area contributed by atoms with Crippen molar-refractivity contribution in [2.24, 2.45) is 0 Å². The van der Waals surface area contributed by atoms with Crippen molar-refractivity contribution in [3.8, 4) is 0 Å². The van der Waals surface area contributed by atoms with E-state index in [1.54, 1.807) is 6.92 Å². The Balaban J connectivity index is 1.79. The summed E-state index contributed by atoms with van der Waals surface area (Å²) in [5.41, 5.74) is 0.961. The Morgan fingerprint density at radius 2 is 2.26 bits per heavy atom. The van der Waals surface area contributed by atoms with Gasteiger partial charge in [0, 0.05) is 18.1 Å². The minimum absolute atomic E-state index is 0.140. The summed E-state index contributed by atoms with van der Waals surface area (Å²) in [7, 11) is 0. The van der Waals surface area contributed by atoms with Crippen molar-refractivity contribution in [1.29, 1.82) is 0 Å². The molecule has 9 heteroatoms. The highest BCUT2D eigenvalue weighted by atomic mass is 16.5. The van der Waals surface area contributed by atoms with Crippen molar-refractivity contribution >= 4 is 23.9 Å². The fourth-order valence-corrected chi connectivity index (χ4v) is 2.29. The van der Waals surface area contributed by atoms with E-state index in [4.69, 9.17) is 4.52 Å². The summed E-state index contributed by atoms with van der Waals surface area (Å²) in [6.45, 7) is 1.70. The summed E-state index contributed by atoms with van der Waals surface area (Å²) in [6, 6.07) is 0.959. The van der Waals surface area contributed by atoms with Crippen molar-refractivity contribution in [1.82, 2.24) is 20.4 Å². The van der Waals surface area contributed by atoms with Crippen molar-refractivity contribution in [3.63, 3.8) is 0 Å². The van der Waals surface area contributed by atoms with Gasteiger partial charge in [-0.25, -0.2) is 9.97 Å². The van der Waals surface area contributed by atoms with Gasteiger partial charge < -0.3 is 15.2 Å². The number of fused-ring (bicyclic) bond motifs is 1. The van der Waals surface area contributed by atoms with Gasteiger partial charge in [-0.15, -0.1) is 0 Å². The zero-order valence-corrected chi connectivity index (χ0v) is 12.2. The Labute approximate surface area is 130 Å². The molecule has 0 aromatic carbocycles. The summed E-state index contributed by atoms with van der Waals surface area (Å²) < 4.78 is 5.00. The lowest BCUT2D eigenvalue weighted by atomic mass is 10.0. The standard InChI is InChI=1S/C14H13N5O4/c1-7(10-4-8(5-20)19-23-10)17-14(22)12-9-2-3-11(21)18-13(9)16-6-15-12/h4-7H,2-3H2,1H3,(H,17,22)(H,15,16,18,21)/t7-/m1/s1. The molecule has 1 atom stereocenters. The predicted octanol–water partition coefficient (Wildman–Crippen LogP) is 0.653. The quantitative estimate of drug-likeness (QED) is 0.793. The molecule has 2 amide bonds. The van der Waals surface area contributed by atoms with Crippen LogP contribution in [-0.4, -0.2) is 33.2 Å². The van der Waals surface area contributed by atoms with Gasteiger partial charge in [0.15, 0.2) is 12.0 Å². The lowest BCUT2D eigenvalue weighted by Crippen LogP contribution is -2.30. The van der Waals surface area contributed by atoms with Crippen LogP contribution in [0.25, 0.3) is 0 Å². The summed E-state index contributed by atoms with van der Waals surface area (Å²) in [6.07, 6.45) is 2.46. The molecule has 23 heavy (non-hydrogen) atoms. The molecule has 2 N–H and O–H groups in total. The number of aromatic nitrogens is 3. The Morgan fingerprint density at radius 3 is 3.00 bits per heavy atom. The number of amides is 2. The van der Waals surface area contributed by atoms with Gasteiger partial charge in [-0.3, -0.25) is 14.4 Å². The number of nitrogens with zero attached hydrogens (tertiary/aromatic N) is 3. The maximum absolute atomic E-state index is 12.4. The van der Waals surface area contributed by atoms with Crippen LogP contribution in [0.15, 0.2) is 16.9 Å². The third-order valence-corrected chi connectivity index (χ3v) is 3.46. The molecule has 2 aromatic rings. The predicted molar refractivity (Wildman–Crippen MR) is 76.8 cm³/mol. The molecule has 2 aromatic heterocycles. The van der Waals surface area contributed by atoms with Crippen LogP contribution >= 0.6 is 0 Å². The molecule has 0 unspecified atom stereocenters. The van der Waals surface area contributed by atoms with E-state index < -0.39 is 11.9 Å². The molecular weight excluding hydrogens is 302 g/mol. The fourth-order valence-electron chi connectivity index (χ4n) is 2.29. The smallest absolute Gasteiger partial charge is 0.270 e. The molecule has 0 fully saturated rings. The van der Waals surface area contributed by atoms with Crippen LogP contribution in [0.4, 0.5) is 5.82 Å². The third-order valence-electron chi connectivity index (χ3n) is 3.46. The van der Waals surface area contributed by atoms with E-state index >= 15 is 0 Å². The molecule has 0 spiro atoms. The van der Waals surface area contributed by atoms with E-state index in [-0.39, 0.29) is 23.7 Å². The summed E-state index contributed by atoms with van der Waals surface area (Å²) in [5.74, 6) is 0.156. The van der Waals surface area contributed by atoms with Crippen LogP contribution < -0.4 is 10.6 Å². The van der Waals surface area contributed by atoms with Gasteiger partial charge in [0.2, 0.25) is 5.91 Å². The Kier molecular flexibility index (Phi) is 3.83. The van der Waals surface area contributed by atoms with Crippen LogP contribution in [-0.2, 0) is 11.2 Å². The molecular formula is C14H13N5O4. The van der Waals surface area contributed by atoms with Gasteiger partial charge in [-0.1, -0.05) is 5.16 Å². The molecule has 0 saturated heterocycles. The van der Waals surface area contributed by atoms with Crippen LogP contribution in [0, 0.1) is 0 Å². The summed E-state index contributed by atoms with van der Waals surface area (Å²) in [5, 5.41) is 8.88. The minimum Gasteiger partial charge on any atom is -0.358 e. The first-order valence-corrected chi connectivity index (χ1v) is 6.95. The van der Waals surface area contributed by atoms with E-state index in [1.165, 1.54) is 12.4 Å². The molecule has 118 valence electrons. The Morgan fingerprint density at radius 1 is 1.43 bits per heavy atom. The normalized spacial score (nSPS) is 14.6. The van der Waals surface area contributed by atoms with Crippen molar-refractivity contribution in [2.75, 3.05) is 5.32 Å². The zero-order chi connectivity index (χ0) is 16.4. The Hall–Kier alpha value is -3.10. The molecule has 0 saturated carbocycles. The second kappa shape index (κ2) is 5.95. The number of rotatable bonds is 4. The second-order valence-electron chi connectivity index (χ2n) is 5.06. The number of aldehydes is 1. The minimum atomic E-state index is -0.493. The van der Waals surface area contributed by atoms with Crippen molar-refractivity contribution in [3.05, 3.63) is 35.1 Å². The number of carbonyl (C=O) groups is 3. The van der Waals surface area contributed by atoms with Gasteiger partial charge >= 0.3 is 0 Å². The fraction of sp³-hybridized carbons (Fsp3) is 0.286. The van der Waals surface area contributed by atoms with Crippen LogP contribution in [0.3, 0.4) is 0 Å². The first-order chi connectivity index (χ1) is 11.1.